The molecule has 0 fully saturated rings. The quantitative estimate of drug-likeness (QED) is 0.796. The normalized spacial score (nSPS) is 12.5. The smallest absolute Gasteiger partial charge is 0.259 e. The van der Waals surface area contributed by atoms with Crippen LogP contribution in [0.5, 0.6) is 5.75 Å². The van der Waals surface area contributed by atoms with E-state index in [0.717, 1.165) is 16.5 Å². The van der Waals surface area contributed by atoms with Gasteiger partial charge in [-0.15, -0.1) is 0 Å². The summed E-state index contributed by atoms with van der Waals surface area (Å²) in [4.78, 5) is 26.7. The summed E-state index contributed by atoms with van der Waals surface area (Å²) in [5.41, 5.74) is 1.99. The number of nitrogens with zero attached hydrogens (tertiary/aromatic N) is 1. The Kier molecular flexibility index (Phi) is 3.61. The summed E-state index contributed by atoms with van der Waals surface area (Å²) in [7, 11) is 1.55. The predicted molar refractivity (Wildman–Crippen MR) is 97.2 cm³/mol. The van der Waals surface area contributed by atoms with Crippen molar-refractivity contribution < 1.29 is 14.3 Å². The van der Waals surface area contributed by atoms with E-state index in [2.05, 4.69) is 5.32 Å². The highest BCUT2D eigenvalue weighted by Gasteiger charge is 2.30. The predicted octanol–water partition coefficient (Wildman–Crippen LogP) is 3.45. The molecule has 0 saturated carbocycles. The average Bonchev–Trinajstić information content (AvgIpc) is 2.90. The number of hydrogen-bond acceptors (Lipinski definition) is 3. The van der Waals surface area contributed by atoms with Crippen LogP contribution in [0.3, 0.4) is 0 Å². The zero-order chi connectivity index (χ0) is 17.4. The fourth-order valence-electron chi connectivity index (χ4n) is 3.22. The van der Waals surface area contributed by atoms with E-state index in [1.54, 1.807) is 25.3 Å². The van der Waals surface area contributed by atoms with E-state index in [4.69, 9.17) is 4.74 Å². The highest BCUT2D eigenvalue weighted by molar-refractivity contribution is 6.26. The lowest BCUT2D eigenvalue weighted by atomic mass is 10.1. The van der Waals surface area contributed by atoms with Gasteiger partial charge in [-0.3, -0.25) is 14.5 Å². The fourth-order valence-corrected chi connectivity index (χ4v) is 3.22. The van der Waals surface area contributed by atoms with E-state index < -0.39 is 0 Å². The number of anilines is 2. The highest BCUT2D eigenvalue weighted by Crippen LogP contribution is 2.37. The molecule has 1 aliphatic heterocycles. The van der Waals surface area contributed by atoms with Crippen LogP contribution in [0.25, 0.3) is 10.8 Å². The standard InChI is InChI=1S/C20H16N2O3/c1-25-17-11-3-2-9-15(17)21-18(23)12-22-16-10-5-7-13-6-4-8-14(19(13)16)20(22)24/h2-11H,12H2,1H3,(H,21,23). The molecule has 3 aromatic carbocycles. The van der Waals surface area contributed by atoms with E-state index >= 15 is 0 Å². The van der Waals surface area contributed by atoms with Crippen molar-refractivity contribution in [1.29, 1.82) is 0 Å². The number of nitrogens with one attached hydrogen (secondary N) is 1. The molecule has 0 aliphatic carbocycles. The second kappa shape index (κ2) is 5.94. The van der Waals surface area contributed by atoms with E-state index in [-0.39, 0.29) is 18.4 Å². The largest absolute Gasteiger partial charge is 0.495 e. The molecule has 0 bridgehead atoms. The molecule has 3 aromatic rings. The van der Waals surface area contributed by atoms with Gasteiger partial charge in [-0.1, -0.05) is 36.4 Å². The number of hydrogen-bond donors (Lipinski definition) is 1. The number of methoxy groups -OCH3 is 1. The number of carbonyl (C=O) groups is 2. The Morgan fingerprint density at radius 3 is 2.60 bits per heavy atom. The van der Waals surface area contributed by atoms with Crippen molar-refractivity contribution in [2.24, 2.45) is 0 Å². The Morgan fingerprint density at radius 2 is 1.80 bits per heavy atom. The van der Waals surface area contributed by atoms with Crippen LogP contribution < -0.4 is 15.0 Å². The topological polar surface area (TPSA) is 58.6 Å². The minimum Gasteiger partial charge on any atom is -0.495 e. The van der Waals surface area contributed by atoms with Gasteiger partial charge in [0.15, 0.2) is 0 Å². The molecule has 25 heavy (non-hydrogen) atoms. The van der Waals surface area contributed by atoms with Gasteiger partial charge in [-0.25, -0.2) is 0 Å². The molecule has 2 amide bonds. The Bertz CT molecular complexity index is 992. The molecule has 4 rings (SSSR count). The van der Waals surface area contributed by atoms with E-state index in [9.17, 15) is 9.59 Å². The van der Waals surface area contributed by atoms with Crippen molar-refractivity contribution in [2.75, 3.05) is 23.9 Å². The summed E-state index contributed by atoms with van der Waals surface area (Å²) in [6.45, 7) is -0.0509. The summed E-state index contributed by atoms with van der Waals surface area (Å²) < 4.78 is 5.24. The van der Waals surface area contributed by atoms with Crippen LogP contribution in [-0.4, -0.2) is 25.5 Å². The Labute approximate surface area is 144 Å². The third-order valence-corrected chi connectivity index (χ3v) is 4.33. The van der Waals surface area contributed by atoms with Crippen LogP contribution in [0.1, 0.15) is 10.4 Å². The minimum absolute atomic E-state index is 0.0509. The first-order valence-electron chi connectivity index (χ1n) is 7.95. The summed E-state index contributed by atoms with van der Waals surface area (Å²) in [6.07, 6.45) is 0. The van der Waals surface area contributed by atoms with Gasteiger partial charge < -0.3 is 10.1 Å². The third kappa shape index (κ3) is 2.50. The molecule has 5 heteroatoms. The molecule has 1 heterocycles. The average molecular weight is 332 g/mol. The van der Waals surface area contributed by atoms with Crippen molar-refractivity contribution in [2.45, 2.75) is 0 Å². The Balaban J connectivity index is 1.61. The minimum atomic E-state index is -0.275. The SMILES string of the molecule is COc1ccccc1NC(=O)CN1C(=O)c2cccc3cccc1c23. The highest BCUT2D eigenvalue weighted by atomic mass is 16.5. The second-order valence-electron chi connectivity index (χ2n) is 5.82. The Morgan fingerprint density at radius 1 is 1.04 bits per heavy atom. The monoisotopic (exact) mass is 332 g/mol. The number of para-hydroxylation sites is 2. The molecule has 0 saturated heterocycles. The molecule has 1 aliphatic rings. The van der Waals surface area contributed by atoms with Gasteiger partial charge in [0.05, 0.1) is 18.5 Å². The summed E-state index contributed by atoms with van der Waals surface area (Å²) in [6, 6.07) is 18.5. The van der Waals surface area contributed by atoms with Crippen LogP contribution in [0.15, 0.2) is 60.7 Å². The molecular formula is C20H16N2O3. The van der Waals surface area contributed by atoms with E-state index in [0.29, 0.717) is 17.0 Å². The van der Waals surface area contributed by atoms with Gasteiger partial charge in [0.2, 0.25) is 5.91 Å². The van der Waals surface area contributed by atoms with Gasteiger partial charge in [0, 0.05) is 10.9 Å². The third-order valence-electron chi connectivity index (χ3n) is 4.33. The van der Waals surface area contributed by atoms with Crippen molar-refractivity contribution >= 4 is 34.0 Å². The molecule has 0 unspecified atom stereocenters. The lowest BCUT2D eigenvalue weighted by Crippen LogP contribution is -2.35. The number of amides is 2. The van der Waals surface area contributed by atoms with Gasteiger partial charge in [0.25, 0.3) is 5.91 Å². The van der Waals surface area contributed by atoms with Crippen LogP contribution in [0.2, 0.25) is 0 Å². The molecule has 5 nitrogen and oxygen atoms in total. The lowest BCUT2D eigenvalue weighted by Gasteiger charge is -2.18. The summed E-state index contributed by atoms with van der Waals surface area (Å²) in [5, 5.41) is 4.71. The van der Waals surface area contributed by atoms with Crippen LogP contribution in [0.4, 0.5) is 11.4 Å². The fraction of sp³-hybridized carbons (Fsp3) is 0.100. The molecule has 124 valence electrons. The zero-order valence-corrected chi connectivity index (χ0v) is 13.7. The number of carbonyl (C=O) groups excluding carboxylic acids is 2. The Hall–Kier alpha value is -3.34. The van der Waals surface area contributed by atoms with Crippen molar-refractivity contribution in [3.05, 3.63) is 66.2 Å². The van der Waals surface area contributed by atoms with Gasteiger partial charge in [0.1, 0.15) is 12.3 Å². The van der Waals surface area contributed by atoms with Gasteiger partial charge in [-0.05, 0) is 29.7 Å². The van der Waals surface area contributed by atoms with E-state index in [1.165, 1.54) is 4.90 Å². The maximum atomic E-state index is 12.7. The van der Waals surface area contributed by atoms with Crippen molar-refractivity contribution in [1.82, 2.24) is 0 Å². The zero-order valence-electron chi connectivity index (χ0n) is 13.7. The molecule has 0 atom stereocenters. The first-order valence-corrected chi connectivity index (χ1v) is 7.95. The van der Waals surface area contributed by atoms with Crippen molar-refractivity contribution in [3.63, 3.8) is 0 Å². The van der Waals surface area contributed by atoms with Gasteiger partial charge in [-0.2, -0.15) is 0 Å². The first kappa shape index (κ1) is 15.2. The van der Waals surface area contributed by atoms with Crippen LogP contribution in [0, 0.1) is 0 Å². The second-order valence-corrected chi connectivity index (χ2v) is 5.82. The molecule has 0 spiro atoms. The number of rotatable bonds is 4. The number of benzene rings is 3. The van der Waals surface area contributed by atoms with Crippen LogP contribution >= 0.6 is 0 Å². The molecular weight excluding hydrogens is 316 g/mol. The first-order chi connectivity index (χ1) is 12.2. The molecule has 0 radical (unpaired) electrons. The van der Waals surface area contributed by atoms with E-state index in [1.807, 2.05) is 42.5 Å². The van der Waals surface area contributed by atoms with Crippen LogP contribution in [-0.2, 0) is 4.79 Å². The van der Waals surface area contributed by atoms with Gasteiger partial charge >= 0.3 is 0 Å². The maximum Gasteiger partial charge on any atom is 0.259 e. The maximum absolute atomic E-state index is 12.7. The summed E-state index contributed by atoms with van der Waals surface area (Å²) >= 11 is 0. The summed E-state index contributed by atoms with van der Waals surface area (Å²) in [5.74, 6) is 0.152. The molecule has 0 aromatic heterocycles. The van der Waals surface area contributed by atoms with Crippen molar-refractivity contribution in [3.8, 4) is 5.75 Å². The lowest BCUT2D eigenvalue weighted by molar-refractivity contribution is -0.114. The number of ether oxygens (including phenoxy) is 1. The molecule has 1 N–H and O–H groups in total.